The van der Waals surface area contributed by atoms with Gasteiger partial charge in [0, 0.05) is 20.8 Å². The number of halogens is 5. The Hall–Kier alpha value is -1.56. The Morgan fingerprint density at radius 1 is 1.26 bits per heavy atom. The summed E-state index contributed by atoms with van der Waals surface area (Å²) >= 11 is 0. The molecule has 0 unspecified atom stereocenters. The van der Waals surface area contributed by atoms with Gasteiger partial charge in [0.2, 0.25) is 0 Å². The average molecular weight is 359 g/mol. The van der Waals surface area contributed by atoms with E-state index in [0.717, 1.165) is 20.3 Å². The highest BCUT2D eigenvalue weighted by Crippen LogP contribution is 2.35. The van der Waals surface area contributed by atoms with Crippen molar-refractivity contribution in [3.8, 4) is 0 Å². The normalized spacial score (nSPS) is 12.3. The number of carbonyl (C=O) groups excluding carboxylic acids is 1. The number of carbonyl (C=O) groups is 1. The predicted octanol–water partition coefficient (Wildman–Crippen LogP) is 2.69. The second kappa shape index (κ2) is 7.34. The molecule has 1 aromatic rings. The van der Waals surface area contributed by atoms with Crippen molar-refractivity contribution in [3.63, 3.8) is 0 Å². The molecule has 0 spiro atoms. The first-order valence-electron chi connectivity index (χ1n) is 6.24. The zero-order valence-corrected chi connectivity index (χ0v) is 13.4. The van der Waals surface area contributed by atoms with Crippen LogP contribution in [0.5, 0.6) is 0 Å². The zero-order chi connectivity index (χ0) is 17.8. The Bertz CT molecular complexity index is 570. The molecule has 0 saturated heterocycles. The van der Waals surface area contributed by atoms with Crippen molar-refractivity contribution in [2.45, 2.75) is 12.6 Å². The van der Waals surface area contributed by atoms with Crippen LogP contribution < -0.4 is 0 Å². The lowest BCUT2D eigenvalue weighted by molar-refractivity contribution is -0.190. The topological polar surface area (TPSA) is 48.0 Å². The number of hydrogen-bond acceptors (Lipinski definition) is 4. The molecule has 1 rings (SSSR count). The third-order valence-corrected chi connectivity index (χ3v) is 5.52. The number of rotatable bonds is 7. The first-order chi connectivity index (χ1) is 10.7. The molecule has 0 radical (unpaired) electrons. The van der Waals surface area contributed by atoms with Crippen LogP contribution in [0.2, 0.25) is 0 Å². The first kappa shape index (κ1) is 19.5. The van der Waals surface area contributed by atoms with Crippen LogP contribution in [0.25, 0.3) is 0 Å². The molecule has 0 bridgehead atoms. The van der Waals surface area contributed by atoms with Crippen LogP contribution in [0.3, 0.4) is 0 Å². The summed E-state index contributed by atoms with van der Waals surface area (Å²) < 4.78 is 82.8. The monoisotopic (exact) mass is 359 g/mol. The highest BCUT2D eigenvalue weighted by Gasteiger charge is 2.70. The van der Waals surface area contributed by atoms with Gasteiger partial charge in [0.1, 0.15) is 0 Å². The van der Waals surface area contributed by atoms with Crippen LogP contribution in [0.4, 0.5) is 22.0 Å². The minimum Gasteiger partial charge on any atom is -0.372 e. The summed E-state index contributed by atoms with van der Waals surface area (Å²) in [6.07, 6.45) is 0. The summed E-state index contributed by atoms with van der Waals surface area (Å²) in [5.41, 5.74) is -5.87. The van der Waals surface area contributed by atoms with Crippen LogP contribution in [0.1, 0.15) is 17.3 Å². The molecule has 0 aliphatic carbocycles. The van der Waals surface area contributed by atoms with E-state index in [1.807, 2.05) is 0 Å². The average Bonchev–Trinajstić information content (AvgIpc) is 2.53. The van der Waals surface area contributed by atoms with E-state index in [0.29, 0.717) is 12.1 Å². The Kier molecular flexibility index (Phi) is 6.22. The lowest BCUT2D eigenvalue weighted by atomic mass is 10.2. The summed E-state index contributed by atoms with van der Waals surface area (Å²) in [5.74, 6) is -5.34. The van der Waals surface area contributed by atoms with E-state index in [2.05, 4.69) is 8.85 Å². The molecule has 130 valence electrons. The van der Waals surface area contributed by atoms with Crippen molar-refractivity contribution in [1.29, 1.82) is 0 Å². The summed E-state index contributed by atoms with van der Waals surface area (Å²) in [5, 5.41) is -1.57. The molecule has 11 heteroatoms. The SMILES string of the molecule is CCO[Si](OC)(OC)C(F)(F)N(F)C(=O)c1cccc(F)c1F. The fourth-order valence-electron chi connectivity index (χ4n) is 1.75. The molecule has 0 heterocycles. The number of benzene rings is 1. The second-order valence-electron chi connectivity index (χ2n) is 4.13. The third-order valence-electron chi connectivity index (χ3n) is 2.85. The van der Waals surface area contributed by atoms with E-state index in [1.54, 1.807) is 0 Å². The fourth-order valence-corrected chi connectivity index (χ4v) is 3.54. The van der Waals surface area contributed by atoms with Gasteiger partial charge in [-0.1, -0.05) is 10.5 Å². The van der Waals surface area contributed by atoms with E-state index in [-0.39, 0.29) is 6.61 Å². The number of nitrogens with zero attached hydrogens (tertiary/aromatic N) is 1. The van der Waals surface area contributed by atoms with Crippen LogP contribution in [-0.2, 0) is 13.3 Å². The first-order valence-corrected chi connectivity index (χ1v) is 7.97. The van der Waals surface area contributed by atoms with Crippen molar-refractivity contribution in [2.24, 2.45) is 0 Å². The third kappa shape index (κ3) is 3.36. The van der Waals surface area contributed by atoms with E-state index < -0.39 is 42.7 Å². The van der Waals surface area contributed by atoms with Crippen molar-refractivity contribution in [2.75, 3.05) is 20.8 Å². The predicted molar refractivity (Wildman–Crippen MR) is 70.0 cm³/mol. The van der Waals surface area contributed by atoms with Crippen LogP contribution in [0, 0.1) is 11.6 Å². The maximum atomic E-state index is 14.3. The van der Waals surface area contributed by atoms with Gasteiger partial charge in [-0.3, -0.25) is 4.79 Å². The van der Waals surface area contributed by atoms with Gasteiger partial charge in [-0.15, -0.1) is 5.12 Å². The lowest BCUT2D eigenvalue weighted by Crippen LogP contribution is -2.66. The largest absolute Gasteiger partial charge is 0.602 e. The summed E-state index contributed by atoms with van der Waals surface area (Å²) in [7, 11) is -3.40. The standard InChI is InChI=1S/C12H14F5NO4Si/c1-4-22-23(20-2,21-3)12(15,16)18(17)11(19)8-6-5-7-9(13)10(8)14/h5-7H,4H2,1-3H3. The fraction of sp³-hybridized carbons (Fsp3) is 0.417. The lowest BCUT2D eigenvalue weighted by Gasteiger charge is -2.34. The molecule has 0 saturated carbocycles. The molecule has 0 fully saturated rings. The molecule has 1 amide bonds. The Morgan fingerprint density at radius 2 is 1.83 bits per heavy atom. The molecular weight excluding hydrogens is 345 g/mol. The van der Waals surface area contributed by atoms with Gasteiger partial charge in [0.15, 0.2) is 11.6 Å². The van der Waals surface area contributed by atoms with E-state index in [9.17, 15) is 26.8 Å². The summed E-state index contributed by atoms with van der Waals surface area (Å²) in [4.78, 5) is 11.8. The van der Waals surface area contributed by atoms with Crippen molar-refractivity contribution in [1.82, 2.24) is 5.12 Å². The zero-order valence-electron chi connectivity index (χ0n) is 12.4. The minimum absolute atomic E-state index is 0.320. The van der Waals surface area contributed by atoms with Crippen LogP contribution in [-0.4, -0.2) is 46.3 Å². The van der Waals surface area contributed by atoms with Gasteiger partial charge in [0.25, 0.3) is 5.91 Å². The van der Waals surface area contributed by atoms with Crippen molar-refractivity contribution < 1.29 is 40.1 Å². The van der Waals surface area contributed by atoms with Crippen LogP contribution >= 0.6 is 0 Å². The van der Waals surface area contributed by atoms with E-state index in [4.69, 9.17) is 4.43 Å². The molecule has 0 N–H and O–H groups in total. The number of amides is 1. The maximum absolute atomic E-state index is 14.3. The highest BCUT2D eigenvalue weighted by molar-refractivity contribution is 6.63. The quantitative estimate of drug-likeness (QED) is 0.325. The van der Waals surface area contributed by atoms with Crippen LogP contribution in [0.15, 0.2) is 18.2 Å². The Morgan fingerprint density at radius 3 is 2.30 bits per heavy atom. The molecule has 0 aromatic heterocycles. The van der Waals surface area contributed by atoms with Crippen molar-refractivity contribution >= 4 is 14.7 Å². The van der Waals surface area contributed by atoms with Gasteiger partial charge in [0.05, 0.1) is 5.56 Å². The summed E-state index contributed by atoms with van der Waals surface area (Å²) in [6, 6.07) is 2.18. The molecular formula is C12H14F5NO4Si. The number of hydrogen-bond donors (Lipinski definition) is 0. The van der Waals surface area contributed by atoms with E-state index >= 15 is 0 Å². The van der Waals surface area contributed by atoms with Gasteiger partial charge in [-0.05, 0) is 19.1 Å². The minimum atomic E-state index is -4.98. The van der Waals surface area contributed by atoms with Gasteiger partial charge in [-0.25, -0.2) is 8.78 Å². The van der Waals surface area contributed by atoms with Gasteiger partial charge >= 0.3 is 14.5 Å². The molecule has 0 aliphatic heterocycles. The maximum Gasteiger partial charge on any atom is 0.602 e. The van der Waals surface area contributed by atoms with Gasteiger partial charge < -0.3 is 13.3 Å². The van der Waals surface area contributed by atoms with Gasteiger partial charge in [-0.2, -0.15) is 8.78 Å². The van der Waals surface area contributed by atoms with E-state index in [1.165, 1.54) is 6.92 Å². The molecule has 23 heavy (non-hydrogen) atoms. The highest BCUT2D eigenvalue weighted by atomic mass is 28.4. The summed E-state index contributed by atoms with van der Waals surface area (Å²) in [6.45, 7) is 1.01. The smallest absolute Gasteiger partial charge is 0.372 e. The number of alkyl halides is 2. The Balaban J connectivity index is 3.26. The Labute approximate surface area is 129 Å². The van der Waals surface area contributed by atoms with Crippen molar-refractivity contribution in [3.05, 3.63) is 35.4 Å². The molecule has 0 aliphatic rings. The molecule has 5 nitrogen and oxygen atoms in total. The molecule has 1 aromatic carbocycles. The second-order valence-corrected chi connectivity index (χ2v) is 6.95. The molecule has 0 atom stereocenters.